The molecule has 1 aliphatic carbocycles. The number of fused-ring (bicyclic) bond motifs is 1. The Morgan fingerprint density at radius 2 is 2.05 bits per heavy atom. The van der Waals surface area contributed by atoms with Gasteiger partial charge < -0.3 is 10.1 Å². The van der Waals surface area contributed by atoms with Crippen LogP contribution in [0.1, 0.15) is 40.3 Å². The molecule has 0 saturated carbocycles. The van der Waals surface area contributed by atoms with Gasteiger partial charge in [-0.05, 0) is 61.6 Å². The first-order valence-electron chi connectivity index (χ1n) is 7.78. The molecule has 1 atom stereocenters. The topological polar surface area (TPSA) is 21.3 Å². The van der Waals surface area contributed by atoms with E-state index in [-0.39, 0.29) is 0 Å². The highest BCUT2D eigenvalue weighted by Gasteiger charge is 2.20. The molecule has 0 fully saturated rings. The second-order valence-electron chi connectivity index (χ2n) is 5.61. The van der Waals surface area contributed by atoms with Crippen molar-refractivity contribution in [2.24, 2.45) is 0 Å². The van der Waals surface area contributed by atoms with Gasteiger partial charge in [0.2, 0.25) is 0 Å². The van der Waals surface area contributed by atoms with E-state index in [1.807, 2.05) is 23.5 Å². The Morgan fingerprint density at radius 1 is 1.24 bits per heavy atom. The highest BCUT2D eigenvalue weighted by atomic mass is 32.1. The third kappa shape index (κ3) is 3.30. The van der Waals surface area contributed by atoms with Crippen molar-refractivity contribution in [3.05, 3.63) is 51.2 Å². The Kier molecular flexibility index (Phi) is 4.61. The van der Waals surface area contributed by atoms with Crippen LogP contribution in [0.3, 0.4) is 0 Å². The normalized spacial score (nSPS) is 15.0. The zero-order valence-electron chi connectivity index (χ0n) is 12.8. The highest BCUT2D eigenvalue weighted by Crippen LogP contribution is 2.35. The maximum absolute atomic E-state index is 5.23. The van der Waals surface area contributed by atoms with Crippen molar-refractivity contribution < 1.29 is 4.74 Å². The molecule has 1 N–H and O–H groups in total. The number of ether oxygens (including phenoxy) is 1. The largest absolute Gasteiger partial charge is 0.497 e. The predicted octanol–water partition coefficient (Wildman–Crippen LogP) is 4.14. The molecule has 3 heteroatoms. The highest BCUT2D eigenvalue weighted by molar-refractivity contribution is 7.12. The number of thiophene rings is 1. The third-order valence-electron chi connectivity index (χ3n) is 4.16. The molecule has 1 aliphatic rings. The smallest absolute Gasteiger partial charge is 0.118 e. The molecule has 0 amide bonds. The summed E-state index contributed by atoms with van der Waals surface area (Å²) in [5.41, 5.74) is 2.95. The van der Waals surface area contributed by atoms with Crippen molar-refractivity contribution in [3.8, 4) is 5.75 Å². The molecular weight excluding hydrogens is 278 g/mol. The molecule has 1 aromatic heterocycles. The fourth-order valence-corrected chi connectivity index (χ4v) is 4.37. The Bertz CT molecular complexity index is 566. The first-order chi connectivity index (χ1) is 10.3. The van der Waals surface area contributed by atoms with Gasteiger partial charge in [-0.1, -0.05) is 19.1 Å². The molecule has 1 unspecified atom stereocenters. The molecule has 1 heterocycles. The van der Waals surface area contributed by atoms with Crippen LogP contribution >= 0.6 is 11.3 Å². The van der Waals surface area contributed by atoms with E-state index >= 15 is 0 Å². The lowest BCUT2D eigenvalue weighted by atomic mass is 10.0. The van der Waals surface area contributed by atoms with Gasteiger partial charge >= 0.3 is 0 Å². The quantitative estimate of drug-likeness (QED) is 0.866. The second kappa shape index (κ2) is 6.63. The van der Waals surface area contributed by atoms with Gasteiger partial charge in [0.1, 0.15) is 5.75 Å². The van der Waals surface area contributed by atoms with Crippen LogP contribution in [0.15, 0.2) is 30.3 Å². The van der Waals surface area contributed by atoms with Gasteiger partial charge in [0, 0.05) is 15.8 Å². The number of rotatable bonds is 6. The number of hydrogen-bond donors (Lipinski definition) is 1. The summed E-state index contributed by atoms with van der Waals surface area (Å²) < 4.78 is 5.23. The van der Waals surface area contributed by atoms with Crippen LogP contribution in [0.2, 0.25) is 0 Å². The van der Waals surface area contributed by atoms with Crippen molar-refractivity contribution in [3.63, 3.8) is 0 Å². The summed E-state index contributed by atoms with van der Waals surface area (Å²) in [5, 5.41) is 3.64. The minimum atomic E-state index is 0.430. The average molecular weight is 301 g/mol. The van der Waals surface area contributed by atoms with Gasteiger partial charge in [-0.15, -0.1) is 11.3 Å². The minimum Gasteiger partial charge on any atom is -0.497 e. The van der Waals surface area contributed by atoms with Crippen LogP contribution in [-0.4, -0.2) is 13.7 Å². The van der Waals surface area contributed by atoms with Crippen LogP contribution in [0.25, 0.3) is 0 Å². The van der Waals surface area contributed by atoms with E-state index in [0.717, 1.165) is 18.7 Å². The predicted molar refractivity (Wildman–Crippen MR) is 89.5 cm³/mol. The first-order valence-corrected chi connectivity index (χ1v) is 8.59. The summed E-state index contributed by atoms with van der Waals surface area (Å²) in [6.45, 7) is 3.19. The third-order valence-corrected chi connectivity index (χ3v) is 5.51. The second-order valence-corrected chi connectivity index (χ2v) is 6.78. The van der Waals surface area contributed by atoms with Crippen LogP contribution in [0.4, 0.5) is 0 Å². The van der Waals surface area contributed by atoms with Crippen molar-refractivity contribution in [2.75, 3.05) is 13.7 Å². The van der Waals surface area contributed by atoms with Crippen molar-refractivity contribution in [1.82, 2.24) is 5.32 Å². The van der Waals surface area contributed by atoms with Gasteiger partial charge in [0.25, 0.3) is 0 Å². The Hall–Kier alpha value is -1.32. The van der Waals surface area contributed by atoms with E-state index in [9.17, 15) is 0 Å². The molecule has 0 bridgehead atoms. The molecule has 0 aliphatic heterocycles. The van der Waals surface area contributed by atoms with Gasteiger partial charge in [-0.2, -0.15) is 0 Å². The number of likely N-dealkylation sites (N-methyl/N-ethyl adjacent to an activating group) is 1. The van der Waals surface area contributed by atoms with E-state index in [1.54, 1.807) is 17.6 Å². The van der Waals surface area contributed by atoms with E-state index in [4.69, 9.17) is 4.74 Å². The Labute approximate surface area is 131 Å². The van der Waals surface area contributed by atoms with Crippen molar-refractivity contribution >= 4 is 11.3 Å². The molecule has 0 radical (unpaired) electrons. The molecule has 1 aromatic carbocycles. The van der Waals surface area contributed by atoms with E-state index < -0.39 is 0 Å². The molecule has 0 saturated heterocycles. The standard InChI is InChI=1S/C18H23NOS/c1-3-19-16(11-13-7-9-15(20-2)10-8-13)18-12-14-5-4-6-17(14)21-18/h7-10,12,16,19H,3-6,11H2,1-2H3. The van der Waals surface area contributed by atoms with Crippen molar-refractivity contribution in [2.45, 2.75) is 38.6 Å². The van der Waals surface area contributed by atoms with E-state index in [2.05, 4.69) is 30.4 Å². The summed E-state index contributed by atoms with van der Waals surface area (Å²) in [7, 11) is 1.71. The maximum Gasteiger partial charge on any atom is 0.118 e. The average Bonchev–Trinajstić information content (AvgIpc) is 3.09. The molecule has 2 aromatic rings. The summed E-state index contributed by atoms with van der Waals surface area (Å²) in [6, 6.07) is 11.3. The molecule has 21 heavy (non-hydrogen) atoms. The molecule has 112 valence electrons. The van der Waals surface area contributed by atoms with Crippen LogP contribution in [0.5, 0.6) is 5.75 Å². The van der Waals surface area contributed by atoms with Gasteiger partial charge in [-0.3, -0.25) is 0 Å². The number of aryl methyl sites for hydroxylation is 2. The van der Waals surface area contributed by atoms with Crippen molar-refractivity contribution in [1.29, 1.82) is 0 Å². The first kappa shape index (κ1) is 14.6. The number of hydrogen-bond acceptors (Lipinski definition) is 3. The molecule has 3 rings (SSSR count). The minimum absolute atomic E-state index is 0.430. The lowest BCUT2D eigenvalue weighted by molar-refractivity contribution is 0.414. The zero-order valence-corrected chi connectivity index (χ0v) is 13.6. The van der Waals surface area contributed by atoms with Crippen LogP contribution in [0, 0.1) is 0 Å². The van der Waals surface area contributed by atoms with E-state index in [0.29, 0.717) is 6.04 Å². The molecule has 0 spiro atoms. The van der Waals surface area contributed by atoms with Gasteiger partial charge in [0.05, 0.1) is 7.11 Å². The number of methoxy groups -OCH3 is 1. The van der Waals surface area contributed by atoms with Gasteiger partial charge in [0.15, 0.2) is 0 Å². The molecular formula is C18H23NOS. The van der Waals surface area contributed by atoms with E-state index in [1.165, 1.54) is 29.7 Å². The van der Waals surface area contributed by atoms with Gasteiger partial charge in [-0.25, -0.2) is 0 Å². The fourth-order valence-electron chi connectivity index (χ4n) is 3.04. The monoisotopic (exact) mass is 301 g/mol. The number of nitrogens with one attached hydrogen (secondary N) is 1. The number of benzene rings is 1. The fraction of sp³-hybridized carbons (Fsp3) is 0.444. The maximum atomic E-state index is 5.23. The Morgan fingerprint density at radius 3 is 2.71 bits per heavy atom. The Balaban J connectivity index is 1.76. The lowest BCUT2D eigenvalue weighted by Crippen LogP contribution is -2.22. The van der Waals surface area contributed by atoms with Crippen LogP contribution in [-0.2, 0) is 19.3 Å². The zero-order chi connectivity index (χ0) is 14.7. The summed E-state index contributed by atoms with van der Waals surface area (Å²) in [6.07, 6.45) is 4.93. The SMILES string of the molecule is CCNC(Cc1ccc(OC)cc1)c1cc2c(s1)CCC2. The lowest BCUT2D eigenvalue weighted by Gasteiger charge is -2.17. The van der Waals surface area contributed by atoms with Crippen LogP contribution < -0.4 is 10.1 Å². The summed E-state index contributed by atoms with van der Waals surface area (Å²) >= 11 is 2.01. The molecule has 2 nitrogen and oxygen atoms in total. The summed E-state index contributed by atoms with van der Waals surface area (Å²) in [4.78, 5) is 3.11. The summed E-state index contributed by atoms with van der Waals surface area (Å²) in [5.74, 6) is 0.925.